The summed E-state index contributed by atoms with van der Waals surface area (Å²) in [6.45, 7) is 5.64. The number of benzene rings is 1. The average Bonchev–Trinajstić information content (AvgIpc) is 2.39. The molecular formula is C14H20BrNO4S. The molecule has 0 aromatic heterocycles. The highest BCUT2D eigenvalue weighted by Crippen LogP contribution is 2.29. The van der Waals surface area contributed by atoms with Gasteiger partial charge in [0.05, 0.1) is 23.2 Å². The summed E-state index contributed by atoms with van der Waals surface area (Å²) in [6.07, 6.45) is -0.504. The van der Waals surface area contributed by atoms with Crippen LogP contribution in [0.2, 0.25) is 0 Å². The van der Waals surface area contributed by atoms with E-state index in [2.05, 4.69) is 15.9 Å². The van der Waals surface area contributed by atoms with E-state index in [9.17, 15) is 13.5 Å². The van der Waals surface area contributed by atoms with Crippen molar-refractivity contribution in [2.75, 3.05) is 19.7 Å². The maximum atomic E-state index is 12.9. The maximum absolute atomic E-state index is 12.9. The number of ether oxygens (including phenoxy) is 1. The largest absolute Gasteiger partial charge is 0.394 e. The molecule has 1 N–H and O–H groups in total. The van der Waals surface area contributed by atoms with E-state index in [1.54, 1.807) is 19.1 Å². The van der Waals surface area contributed by atoms with Crippen molar-refractivity contribution in [2.45, 2.75) is 37.4 Å². The molecule has 7 heteroatoms. The van der Waals surface area contributed by atoms with Crippen LogP contribution in [-0.4, -0.2) is 49.2 Å². The number of aryl methyl sites for hydroxylation is 1. The molecule has 1 aromatic rings. The predicted molar refractivity (Wildman–Crippen MR) is 83.7 cm³/mol. The number of aliphatic hydroxyl groups excluding tert-OH is 1. The van der Waals surface area contributed by atoms with Gasteiger partial charge < -0.3 is 9.84 Å². The van der Waals surface area contributed by atoms with Crippen molar-refractivity contribution in [3.63, 3.8) is 0 Å². The van der Waals surface area contributed by atoms with Crippen LogP contribution in [0, 0.1) is 6.92 Å². The van der Waals surface area contributed by atoms with Gasteiger partial charge in [0.25, 0.3) is 0 Å². The molecule has 0 aliphatic carbocycles. The number of hydrogen-bond acceptors (Lipinski definition) is 4. The van der Waals surface area contributed by atoms with Gasteiger partial charge in [-0.1, -0.05) is 22.0 Å². The Kier molecular flexibility index (Phi) is 4.80. The smallest absolute Gasteiger partial charge is 0.243 e. The fourth-order valence-electron chi connectivity index (χ4n) is 2.51. The molecule has 1 aliphatic heterocycles. The fourth-order valence-corrected chi connectivity index (χ4v) is 4.90. The van der Waals surface area contributed by atoms with E-state index in [-0.39, 0.29) is 24.6 Å². The molecule has 1 unspecified atom stereocenters. The summed E-state index contributed by atoms with van der Waals surface area (Å²) >= 11 is 3.31. The molecule has 1 heterocycles. The van der Waals surface area contributed by atoms with Crippen LogP contribution in [-0.2, 0) is 14.8 Å². The molecule has 0 saturated carbocycles. The molecule has 1 saturated heterocycles. The van der Waals surface area contributed by atoms with Gasteiger partial charge in [0.15, 0.2) is 0 Å². The van der Waals surface area contributed by atoms with Crippen LogP contribution in [0.5, 0.6) is 0 Å². The molecule has 0 amide bonds. The van der Waals surface area contributed by atoms with E-state index in [1.807, 2.05) is 19.9 Å². The molecule has 2 rings (SSSR count). The first kappa shape index (κ1) is 16.9. The van der Waals surface area contributed by atoms with Crippen LogP contribution in [0.15, 0.2) is 27.6 Å². The van der Waals surface area contributed by atoms with E-state index in [0.717, 1.165) is 4.47 Å². The minimum atomic E-state index is -3.62. The van der Waals surface area contributed by atoms with Gasteiger partial charge in [0, 0.05) is 17.6 Å². The van der Waals surface area contributed by atoms with E-state index in [0.29, 0.717) is 5.56 Å². The van der Waals surface area contributed by atoms with Gasteiger partial charge in [-0.15, -0.1) is 0 Å². The molecule has 0 bridgehead atoms. The van der Waals surface area contributed by atoms with Crippen LogP contribution >= 0.6 is 15.9 Å². The van der Waals surface area contributed by atoms with Gasteiger partial charge in [0.1, 0.15) is 0 Å². The van der Waals surface area contributed by atoms with Crippen molar-refractivity contribution in [3.05, 3.63) is 28.2 Å². The first-order valence-electron chi connectivity index (χ1n) is 6.71. The molecule has 118 valence electrons. The van der Waals surface area contributed by atoms with Gasteiger partial charge in [-0.25, -0.2) is 8.42 Å². The topological polar surface area (TPSA) is 66.8 Å². The molecule has 1 atom stereocenters. The second-order valence-electron chi connectivity index (χ2n) is 5.89. The highest BCUT2D eigenvalue weighted by atomic mass is 79.9. The van der Waals surface area contributed by atoms with Gasteiger partial charge in [-0.05, 0) is 38.5 Å². The molecule has 1 aliphatic rings. The first-order valence-corrected chi connectivity index (χ1v) is 8.94. The average molecular weight is 378 g/mol. The minimum absolute atomic E-state index is 0.161. The summed E-state index contributed by atoms with van der Waals surface area (Å²) in [4.78, 5) is 0.284. The zero-order valence-corrected chi connectivity index (χ0v) is 14.7. The van der Waals surface area contributed by atoms with Crippen molar-refractivity contribution in [3.8, 4) is 0 Å². The number of sulfonamides is 1. The predicted octanol–water partition coefficient (Wildman–Crippen LogP) is 1.92. The van der Waals surface area contributed by atoms with E-state index in [4.69, 9.17) is 4.74 Å². The quantitative estimate of drug-likeness (QED) is 0.873. The van der Waals surface area contributed by atoms with Gasteiger partial charge >= 0.3 is 0 Å². The number of aliphatic hydroxyl groups is 1. The lowest BCUT2D eigenvalue weighted by atomic mass is 10.1. The Morgan fingerprint density at radius 2 is 2.14 bits per heavy atom. The Hall–Kier alpha value is -0.470. The second-order valence-corrected chi connectivity index (χ2v) is 8.71. The lowest BCUT2D eigenvalue weighted by Crippen LogP contribution is -2.55. The molecule has 0 radical (unpaired) electrons. The molecule has 21 heavy (non-hydrogen) atoms. The Labute approximate surface area is 134 Å². The van der Waals surface area contributed by atoms with Crippen molar-refractivity contribution in [2.24, 2.45) is 0 Å². The van der Waals surface area contributed by atoms with Crippen molar-refractivity contribution >= 4 is 26.0 Å². The van der Waals surface area contributed by atoms with Crippen molar-refractivity contribution in [1.82, 2.24) is 4.31 Å². The molecule has 1 aromatic carbocycles. The summed E-state index contributed by atoms with van der Waals surface area (Å²) < 4.78 is 33.5. The monoisotopic (exact) mass is 377 g/mol. The highest BCUT2D eigenvalue weighted by molar-refractivity contribution is 9.10. The van der Waals surface area contributed by atoms with Crippen LogP contribution in [0.4, 0.5) is 0 Å². The van der Waals surface area contributed by atoms with Crippen LogP contribution in [0.1, 0.15) is 19.4 Å². The third kappa shape index (κ3) is 3.65. The van der Waals surface area contributed by atoms with E-state index >= 15 is 0 Å². The number of halogens is 1. The minimum Gasteiger partial charge on any atom is -0.394 e. The molecule has 1 fully saturated rings. The second kappa shape index (κ2) is 5.96. The van der Waals surface area contributed by atoms with Crippen molar-refractivity contribution < 1.29 is 18.3 Å². The summed E-state index contributed by atoms with van der Waals surface area (Å²) in [6, 6.07) is 5.20. The number of hydrogen-bond donors (Lipinski definition) is 1. The number of nitrogens with zero attached hydrogens (tertiary/aromatic N) is 1. The SMILES string of the molecule is Cc1ccc(Br)cc1S(=O)(=O)N1CC(CO)OC(C)(C)C1. The third-order valence-electron chi connectivity index (χ3n) is 3.42. The molecule has 5 nitrogen and oxygen atoms in total. The number of rotatable bonds is 3. The van der Waals surface area contributed by atoms with Gasteiger partial charge in [-0.2, -0.15) is 4.31 Å². The zero-order chi connectivity index (χ0) is 15.8. The Bertz CT molecular complexity index is 630. The highest BCUT2D eigenvalue weighted by Gasteiger charge is 2.39. The maximum Gasteiger partial charge on any atom is 0.243 e. The van der Waals surface area contributed by atoms with Gasteiger partial charge in [-0.3, -0.25) is 0 Å². The van der Waals surface area contributed by atoms with Crippen LogP contribution in [0.3, 0.4) is 0 Å². The summed E-state index contributed by atoms with van der Waals surface area (Å²) in [7, 11) is -3.62. The van der Waals surface area contributed by atoms with Crippen LogP contribution < -0.4 is 0 Å². The first-order chi connectivity index (χ1) is 9.65. The normalized spacial score (nSPS) is 23.2. The van der Waals surface area contributed by atoms with Gasteiger partial charge in [0.2, 0.25) is 10.0 Å². The lowest BCUT2D eigenvalue weighted by molar-refractivity contribution is -0.131. The summed E-state index contributed by atoms with van der Waals surface area (Å²) in [5, 5.41) is 9.32. The molecular weight excluding hydrogens is 358 g/mol. The Morgan fingerprint density at radius 1 is 1.48 bits per heavy atom. The van der Waals surface area contributed by atoms with Crippen LogP contribution in [0.25, 0.3) is 0 Å². The standard InChI is InChI=1S/C14H20BrNO4S/c1-10-4-5-11(15)6-13(10)21(18,19)16-7-12(8-17)20-14(2,3)9-16/h4-6,12,17H,7-9H2,1-3H3. The van der Waals surface area contributed by atoms with E-state index < -0.39 is 21.7 Å². The fraction of sp³-hybridized carbons (Fsp3) is 0.571. The van der Waals surface area contributed by atoms with E-state index in [1.165, 1.54) is 4.31 Å². The molecule has 0 spiro atoms. The lowest BCUT2D eigenvalue weighted by Gasteiger charge is -2.41. The summed E-state index contributed by atoms with van der Waals surface area (Å²) in [5.41, 5.74) is 0.0709. The Morgan fingerprint density at radius 3 is 2.76 bits per heavy atom. The summed E-state index contributed by atoms with van der Waals surface area (Å²) in [5.74, 6) is 0. The third-order valence-corrected chi connectivity index (χ3v) is 5.87. The number of morpholine rings is 1. The van der Waals surface area contributed by atoms with Crippen molar-refractivity contribution in [1.29, 1.82) is 0 Å². The Balaban J connectivity index is 2.41. The zero-order valence-electron chi connectivity index (χ0n) is 12.3.